The van der Waals surface area contributed by atoms with Crippen molar-refractivity contribution in [3.05, 3.63) is 46.0 Å². The topological polar surface area (TPSA) is 78.7 Å². The molecule has 24 heavy (non-hydrogen) atoms. The first-order valence-corrected chi connectivity index (χ1v) is 9.05. The number of benzene rings is 1. The van der Waals surface area contributed by atoms with Gasteiger partial charge in [-0.2, -0.15) is 8.78 Å². The summed E-state index contributed by atoms with van der Waals surface area (Å²) in [6.45, 7) is 4.67. The molecule has 1 aromatic rings. The molecule has 6 nitrogen and oxygen atoms in total. The zero-order chi connectivity index (χ0) is 18.5. The van der Waals surface area contributed by atoms with Gasteiger partial charge in [-0.3, -0.25) is 14.7 Å². The van der Waals surface area contributed by atoms with E-state index in [2.05, 4.69) is 0 Å². The van der Waals surface area contributed by atoms with Gasteiger partial charge in [0.1, 0.15) is 5.92 Å². The van der Waals surface area contributed by atoms with Crippen molar-refractivity contribution in [3.63, 3.8) is 0 Å². The Morgan fingerprint density at radius 3 is 1.96 bits per heavy atom. The first-order valence-electron chi connectivity index (χ1n) is 7.51. The molecule has 0 heterocycles. The van der Waals surface area contributed by atoms with Crippen molar-refractivity contribution in [1.29, 1.82) is 0 Å². The summed E-state index contributed by atoms with van der Waals surface area (Å²) in [5, 5.41) is 10.9. The highest BCUT2D eigenvalue weighted by molar-refractivity contribution is 7.55. The summed E-state index contributed by atoms with van der Waals surface area (Å²) in [6.07, 6.45) is -1.60. The minimum atomic E-state index is -4.95. The van der Waals surface area contributed by atoms with E-state index in [9.17, 15) is 14.7 Å². The average molecular weight is 365 g/mol. The second-order valence-corrected chi connectivity index (χ2v) is 7.88. The molecule has 9 heteroatoms. The smallest absolute Gasteiger partial charge is 0.302 e. The Morgan fingerprint density at radius 1 is 1.12 bits per heavy atom. The minimum absolute atomic E-state index is 0.000799. The zero-order valence-corrected chi connectivity index (χ0v) is 14.9. The van der Waals surface area contributed by atoms with Crippen LogP contribution in [0.4, 0.5) is 8.78 Å². The maximum absolute atomic E-state index is 15.1. The predicted octanol–water partition coefficient (Wildman–Crippen LogP) is 4.68. The summed E-state index contributed by atoms with van der Waals surface area (Å²) >= 11 is 0. The summed E-state index contributed by atoms with van der Waals surface area (Å²) in [4.78, 5) is 10.0. The van der Waals surface area contributed by atoms with E-state index in [-0.39, 0.29) is 5.56 Å². The van der Waals surface area contributed by atoms with Crippen molar-refractivity contribution in [3.8, 4) is 0 Å². The molecule has 0 radical (unpaired) electrons. The highest BCUT2D eigenvalue weighted by Gasteiger charge is 2.61. The molecule has 0 aliphatic carbocycles. The number of rotatable bonds is 9. The van der Waals surface area contributed by atoms with Crippen molar-refractivity contribution in [2.45, 2.75) is 51.5 Å². The van der Waals surface area contributed by atoms with E-state index in [1.54, 1.807) is 6.07 Å². The first-order chi connectivity index (χ1) is 11.0. The number of nitrogens with zero attached hydrogens (tertiary/aromatic N) is 1. The van der Waals surface area contributed by atoms with Gasteiger partial charge in [-0.1, -0.05) is 30.3 Å². The third kappa shape index (κ3) is 5.06. The lowest BCUT2D eigenvalue weighted by atomic mass is 9.99. The van der Waals surface area contributed by atoms with Gasteiger partial charge in [0.15, 0.2) is 0 Å². The Bertz CT molecular complexity index is 581. The van der Waals surface area contributed by atoms with Crippen LogP contribution in [0.25, 0.3) is 0 Å². The molecule has 1 atom stereocenters. The van der Waals surface area contributed by atoms with Crippen molar-refractivity contribution in [1.82, 2.24) is 0 Å². The summed E-state index contributed by atoms with van der Waals surface area (Å²) < 4.78 is 52.9. The predicted molar refractivity (Wildman–Crippen MR) is 86.0 cm³/mol. The van der Waals surface area contributed by atoms with Crippen LogP contribution >= 0.6 is 7.60 Å². The van der Waals surface area contributed by atoms with Crippen LogP contribution < -0.4 is 0 Å². The molecule has 0 N–H and O–H groups in total. The fraction of sp³-hybridized carbons (Fsp3) is 0.600. The largest absolute Gasteiger partial charge is 0.401 e. The van der Waals surface area contributed by atoms with Crippen LogP contribution in [0.3, 0.4) is 0 Å². The first kappa shape index (κ1) is 20.7. The van der Waals surface area contributed by atoms with Crippen LogP contribution in [0, 0.1) is 10.1 Å². The Morgan fingerprint density at radius 2 is 1.58 bits per heavy atom. The fourth-order valence-corrected chi connectivity index (χ4v) is 4.21. The molecule has 0 fully saturated rings. The molecule has 0 saturated heterocycles. The normalized spacial score (nSPS) is 14.2. The molecule has 0 bridgehead atoms. The summed E-state index contributed by atoms with van der Waals surface area (Å²) in [6, 6.07) is 7.22. The lowest BCUT2D eigenvalue weighted by Crippen LogP contribution is -2.34. The van der Waals surface area contributed by atoms with Crippen LogP contribution in [0.2, 0.25) is 0 Å². The molecule has 0 aliphatic rings. The highest BCUT2D eigenvalue weighted by Crippen LogP contribution is 2.67. The molecule has 136 valence electrons. The van der Waals surface area contributed by atoms with Crippen LogP contribution in [0.5, 0.6) is 0 Å². The van der Waals surface area contributed by atoms with E-state index in [0.29, 0.717) is 0 Å². The molecule has 0 spiro atoms. The van der Waals surface area contributed by atoms with Crippen molar-refractivity contribution < 1.29 is 27.3 Å². The average Bonchev–Trinajstić information content (AvgIpc) is 2.43. The SMILES string of the molecule is CC(C)OP(=O)(OC(C)C)C(F)(F)C(C[N+](=O)[O-])c1ccccc1. The van der Waals surface area contributed by atoms with E-state index >= 15 is 8.78 Å². The molecule has 0 saturated carbocycles. The van der Waals surface area contributed by atoms with Crippen LogP contribution in [-0.2, 0) is 13.6 Å². The summed E-state index contributed by atoms with van der Waals surface area (Å²) in [5.41, 5.74) is -4.06. The number of hydrogen-bond acceptors (Lipinski definition) is 5. The van der Waals surface area contributed by atoms with Gasteiger partial charge < -0.3 is 9.05 Å². The maximum atomic E-state index is 15.1. The summed E-state index contributed by atoms with van der Waals surface area (Å²) in [5.74, 6) is -1.93. The molecule has 0 aromatic heterocycles. The van der Waals surface area contributed by atoms with Crippen LogP contribution in [0.1, 0.15) is 39.2 Å². The molecule has 0 amide bonds. The maximum Gasteiger partial charge on any atom is 0.401 e. The van der Waals surface area contributed by atoms with Gasteiger partial charge in [-0.05, 0) is 33.3 Å². The van der Waals surface area contributed by atoms with Gasteiger partial charge in [0.05, 0.1) is 12.2 Å². The molecular weight excluding hydrogens is 343 g/mol. The minimum Gasteiger partial charge on any atom is -0.302 e. The van der Waals surface area contributed by atoms with Gasteiger partial charge in [-0.15, -0.1) is 0 Å². The Labute approximate surface area is 139 Å². The van der Waals surface area contributed by atoms with Crippen molar-refractivity contribution in [2.75, 3.05) is 6.54 Å². The number of alkyl halides is 2. The van der Waals surface area contributed by atoms with E-state index in [1.165, 1.54) is 52.0 Å². The molecule has 1 rings (SSSR count). The molecule has 1 aromatic carbocycles. The molecule has 0 aliphatic heterocycles. The van der Waals surface area contributed by atoms with Crippen molar-refractivity contribution >= 4 is 7.60 Å². The Hall–Kier alpha value is -1.37. The number of halogens is 2. The fourth-order valence-electron chi connectivity index (χ4n) is 2.16. The number of nitro groups is 1. The third-order valence-electron chi connectivity index (χ3n) is 3.02. The van der Waals surface area contributed by atoms with Gasteiger partial charge in [0.2, 0.25) is 6.54 Å². The van der Waals surface area contributed by atoms with E-state index in [1.807, 2.05) is 0 Å². The number of hydrogen-bond donors (Lipinski definition) is 0. The monoisotopic (exact) mass is 365 g/mol. The van der Waals surface area contributed by atoms with Gasteiger partial charge >= 0.3 is 13.3 Å². The third-order valence-corrected chi connectivity index (χ3v) is 5.46. The Balaban J connectivity index is 3.38. The quantitative estimate of drug-likeness (QED) is 0.361. The van der Waals surface area contributed by atoms with E-state index in [0.717, 1.165) is 0 Å². The van der Waals surface area contributed by atoms with Gasteiger partial charge in [0.25, 0.3) is 0 Å². The second kappa shape index (κ2) is 8.14. The highest BCUT2D eigenvalue weighted by atomic mass is 31.2. The molecule has 1 unspecified atom stereocenters. The van der Waals surface area contributed by atoms with Gasteiger partial charge in [-0.25, -0.2) is 0 Å². The lowest BCUT2D eigenvalue weighted by molar-refractivity contribution is -0.487. The standard InChI is InChI=1S/C15H22F2NO5P/c1-11(2)22-24(21,23-12(3)4)15(16,17)14(10-18(19)20)13-8-6-5-7-9-13/h5-9,11-12,14H,10H2,1-4H3. The second-order valence-electron chi connectivity index (χ2n) is 5.87. The van der Waals surface area contributed by atoms with Crippen molar-refractivity contribution in [2.24, 2.45) is 0 Å². The van der Waals surface area contributed by atoms with E-state index < -0.39 is 42.9 Å². The lowest BCUT2D eigenvalue weighted by Gasteiger charge is -2.33. The summed E-state index contributed by atoms with van der Waals surface area (Å²) in [7, 11) is -4.95. The Kier molecular flexibility index (Phi) is 7.01. The van der Waals surface area contributed by atoms with Gasteiger partial charge in [0, 0.05) is 4.92 Å². The molecular formula is C15H22F2NO5P. The van der Waals surface area contributed by atoms with E-state index in [4.69, 9.17) is 9.05 Å². The van der Waals surface area contributed by atoms with Crippen LogP contribution in [0.15, 0.2) is 30.3 Å². The van der Waals surface area contributed by atoms with Crippen LogP contribution in [-0.4, -0.2) is 29.3 Å². The zero-order valence-electron chi connectivity index (χ0n) is 14.0.